The van der Waals surface area contributed by atoms with Gasteiger partial charge in [0.25, 0.3) is 15.9 Å². The number of rotatable bonds is 9. The number of sulfonamides is 1. The number of hydrogen-bond donors (Lipinski definition) is 2. The third kappa shape index (κ3) is 5.74. The molecular formula is C32H33ClN4O5S. The third-order valence-electron chi connectivity index (χ3n) is 8.44. The Labute approximate surface area is 255 Å². The number of fused-ring (bicyclic) bond motifs is 1. The Hall–Kier alpha value is -3.86. The van der Waals surface area contributed by atoms with Crippen molar-refractivity contribution < 1.29 is 22.7 Å². The molecule has 11 heteroatoms. The third-order valence-corrected chi connectivity index (χ3v) is 10.5. The molecule has 3 N–H and O–H groups in total. The van der Waals surface area contributed by atoms with Crippen molar-refractivity contribution >= 4 is 44.5 Å². The van der Waals surface area contributed by atoms with E-state index in [1.165, 1.54) is 18.2 Å². The first-order chi connectivity index (χ1) is 20.8. The molecule has 4 aromatic rings. The summed E-state index contributed by atoms with van der Waals surface area (Å²) in [6.45, 7) is 0.710. The molecule has 6 rings (SSSR count). The van der Waals surface area contributed by atoms with Gasteiger partial charge in [-0.3, -0.25) is 9.69 Å². The van der Waals surface area contributed by atoms with Gasteiger partial charge in [-0.1, -0.05) is 54.4 Å². The van der Waals surface area contributed by atoms with Crippen LogP contribution in [0.5, 0.6) is 11.5 Å². The fraction of sp³-hybridized carbons (Fsp3) is 0.312. The molecule has 2 fully saturated rings. The molecule has 224 valence electrons. The molecule has 43 heavy (non-hydrogen) atoms. The summed E-state index contributed by atoms with van der Waals surface area (Å²) < 4.78 is 34.9. The topological polar surface area (TPSA) is 126 Å². The highest BCUT2D eigenvalue weighted by molar-refractivity contribution is 7.89. The highest BCUT2D eigenvalue weighted by Crippen LogP contribution is 2.37. The second kappa shape index (κ2) is 12.0. The van der Waals surface area contributed by atoms with E-state index in [2.05, 4.69) is 4.98 Å². The lowest BCUT2D eigenvalue weighted by molar-refractivity contribution is -0.128. The summed E-state index contributed by atoms with van der Waals surface area (Å²) >= 11 is 6.47. The van der Waals surface area contributed by atoms with Gasteiger partial charge in [0.1, 0.15) is 17.5 Å². The minimum absolute atomic E-state index is 0.0311. The standard InChI is InChI=1S/C32H33ClN4O5S/c33-27-17-25(13-14-30(27)42-24-9-2-1-3-10-24)43(40,41)37-29(16-23-19-35-28-12-5-4-11-26(23)28)31(38)36(32(37)39)20-22-8-6-7-21(15-22)18-34/h1-5,9-14,17,19,21-22,29,35H,6-8,15-16,18,20,34H2. The minimum atomic E-state index is -4.48. The smallest absolute Gasteiger partial charge is 0.341 e. The highest BCUT2D eigenvalue weighted by atomic mass is 35.5. The maximum absolute atomic E-state index is 14.2. The van der Waals surface area contributed by atoms with Crippen molar-refractivity contribution in [3.63, 3.8) is 0 Å². The fourth-order valence-electron chi connectivity index (χ4n) is 6.24. The van der Waals surface area contributed by atoms with Crippen LogP contribution in [-0.4, -0.2) is 53.7 Å². The van der Waals surface area contributed by atoms with Gasteiger partial charge in [0.2, 0.25) is 0 Å². The zero-order valence-corrected chi connectivity index (χ0v) is 25.1. The fourth-order valence-corrected chi connectivity index (χ4v) is 8.06. The van der Waals surface area contributed by atoms with Crippen LogP contribution in [0.25, 0.3) is 10.9 Å². The Morgan fingerprint density at radius 1 is 0.977 bits per heavy atom. The number of carbonyl (C=O) groups excluding carboxylic acids is 2. The highest BCUT2D eigenvalue weighted by Gasteiger charge is 2.52. The van der Waals surface area contributed by atoms with Crippen molar-refractivity contribution in [3.8, 4) is 11.5 Å². The van der Waals surface area contributed by atoms with Gasteiger partial charge in [0.15, 0.2) is 0 Å². The molecule has 0 bridgehead atoms. The number of aromatic nitrogens is 1. The van der Waals surface area contributed by atoms with Crippen LogP contribution in [0.3, 0.4) is 0 Å². The summed E-state index contributed by atoms with van der Waals surface area (Å²) in [6, 6.07) is 18.5. The van der Waals surface area contributed by atoms with Crippen molar-refractivity contribution in [2.24, 2.45) is 17.6 Å². The lowest BCUT2D eigenvalue weighted by Gasteiger charge is -2.30. The second-order valence-corrected chi connectivity index (χ2v) is 13.5. The maximum atomic E-state index is 14.2. The van der Waals surface area contributed by atoms with Gasteiger partial charge in [0, 0.05) is 30.1 Å². The number of nitrogens with one attached hydrogen (secondary N) is 1. The number of H-pyrrole nitrogens is 1. The molecule has 1 aliphatic carbocycles. The van der Waals surface area contributed by atoms with Crippen LogP contribution in [0, 0.1) is 11.8 Å². The van der Waals surface area contributed by atoms with Crippen LogP contribution in [0.4, 0.5) is 4.79 Å². The number of nitrogens with two attached hydrogens (primary N) is 1. The van der Waals surface area contributed by atoms with Crippen LogP contribution < -0.4 is 10.5 Å². The molecule has 2 heterocycles. The van der Waals surface area contributed by atoms with Crippen molar-refractivity contribution in [2.75, 3.05) is 13.1 Å². The molecule has 3 amide bonds. The predicted octanol–water partition coefficient (Wildman–Crippen LogP) is 5.94. The van der Waals surface area contributed by atoms with E-state index in [1.54, 1.807) is 30.5 Å². The van der Waals surface area contributed by atoms with Crippen LogP contribution in [0.2, 0.25) is 5.02 Å². The maximum Gasteiger partial charge on any atom is 0.341 e. The number of nitrogens with zero attached hydrogens (tertiary/aromatic N) is 2. The molecule has 3 unspecified atom stereocenters. The van der Waals surface area contributed by atoms with Gasteiger partial charge in [-0.15, -0.1) is 0 Å². The first kappa shape index (κ1) is 29.2. The summed E-state index contributed by atoms with van der Waals surface area (Å²) in [5.41, 5.74) is 7.53. The van der Waals surface area contributed by atoms with Gasteiger partial charge in [-0.2, -0.15) is 0 Å². The number of benzene rings is 3. The number of imide groups is 1. The average molecular weight is 621 g/mol. The summed E-state index contributed by atoms with van der Waals surface area (Å²) in [7, 11) is -4.48. The largest absolute Gasteiger partial charge is 0.456 e. The van der Waals surface area contributed by atoms with Gasteiger partial charge >= 0.3 is 6.03 Å². The monoisotopic (exact) mass is 620 g/mol. The first-order valence-corrected chi connectivity index (χ1v) is 16.3. The van der Waals surface area contributed by atoms with Crippen LogP contribution in [-0.2, 0) is 21.2 Å². The van der Waals surface area contributed by atoms with E-state index in [9.17, 15) is 18.0 Å². The molecule has 1 saturated heterocycles. The number of para-hydroxylation sites is 2. The van der Waals surface area contributed by atoms with Crippen LogP contribution in [0.15, 0.2) is 83.9 Å². The normalized spacial score (nSPS) is 21.1. The molecule has 3 atom stereocenters. The Balaban J connectivity index is 1.33. The second-order valence-electron chi connectivity index (χ2n) is 11.3. The molecule has 3 aromatic carbocycles. The number of urea groups is 1. The van der Waals surface area contributed by atoms with E-state index in [0.717, 1.165) is 51.4 Å². The summed E-state index contributed by atoms with van der Waals surface area (Å²) in [4.78, 5) is 31.9. The van der Waals surface area contributed by atoms with E-state index < -0.39 is 28.0 Å². The molecular weight excluding hydrogens is 588 g/mol. The summed E-state index contributed by atoms with van der Waals surface area (Å²) in [5, 5.41) is 0.921. The van der Waals surface area contributed by atoms with E-state index in [0.29, 0.717) is 18.2 Å². The predicted molar refractivity (Wildman–Crippen MR) is 164 cm³/mol. The SMILES string of the molecule is NCC1CCCC(CN2C(=O)C(Cc3c[nH]c4ccccc34)N(S(=O)(=O)c3ccc(Oc4ccccc4)c(Cl)c3)C2=O)C1. The van der Waals surface area contributed by atoms with Crippen molar-refractivity contribution in [1.29, 1.82) is 0 Å². The number of amides is 3. The van der Waals surface area contributed by atoms with Gasteiger partial charge in [-0.25, -0.2) is 17.5 Å². The lowest BCUT2D eigenvalue weighted by atomic mass is 9.81. The number of aromatic amines is 1. The number of ether oxygens (including phenoxy) is 1. The van der Waals surface area contributed by atoms with Crippen LogP contribution >= 0.6 is 11.6 Å². The molecule has 0 spiro atoms. The zero-order valence-electron chi connectivity index (χ0n) is 23.5. The van der Waals surface area contributed by atoms with Crippen molar-refractivity contribution in [3.05, 3.63) is 89.6 Å². The van der Waals surface area contributed by atoms with Gasteiger partial charge in [-0.05, 0) is 79.6 Å². The average Bonchev–Trinajstić information content (AvgIpc) is 3.53. The van der Waals surface area contributed by atoms with Crippen molar-refractivity contribution in [2.45, 2.75) is 43.0 Å². The quantitative estimate of drug-likeness (QED) is 0.223. The molecule has 1 aliphatic heterocycles. The zero-order chi connectivity index (χ0) is 30.1. The molecule has 0 radical (unpaired) electrons. The van der Waals surface area contributed by atoms with Crippen molar-refractivity contribution in [1.82, 2.24) is 14.2 Å². The van der Waals surface area contributed by atoms with E-state index >= 15 is 0 Å². The van der Waals surface area contributed by atoms with E-state index in [4.69, 9.17) is 22.1 Å². The van der Waals surface area contributed by atoms with E-state index in [1.807, 2.05) is 30.3 Å². The Bertz CT molecular complexity index is 1760. The Morgan fingerprint density at radius 2 is 1.72 bits per heavy atom. The summed E-state index contributed by atoms with van der Waals surface area (Å²) in [6.07, 6.45) is 5.42. The molecule has 2 aliphatic rings. The Morgan fingerprint density at radius 3 is 2.49 bits per heavy atom. The van der Waals surface area contributed by atoms with Crippen LogP contribution in [0.1, 0.15) is 31.2 Å². The molecule has 1 saturated carbocycles. The number of hydrogen-bond acceptors (Lipinski definition) is 6. The van der Waals surface area contributed by atoms with E-state index in [-0.39, 0.29) is 34.6 Å². The molecule has 1 aromatic heterocycles. The molecule has 9 nitrogen and oxygen atoms in total. The van der Waals surface area contributed by atoms with Gasteiger partial charge < -0.3 is 15.5 Å². The minimum Gasteiger partial charge on any atom is -0.456 e. The van der Waals surface area contributed by atoms with Gasteiger partial charge in [0.05, 0.1) is 9.92 Å². The first-order valence-electron chi connectivity index (χ1n) is 14.4. The number of carbonyl (C=O) groups is 2. The Kier molecular flexibility index (Phi) is 8.17. The summed E-state index contributed by atoms with van der Waals surface area (Å²) in [5.74, 6) is 0.667. The number of halogens is 1. The lowest BCUT2D eigenvalue weighted by Crippen LogP contribution is -2.41.